The summed E-state index contributed by atoms with van der Waals surface area (Å²) in [7, 11) is -2.11. The average Bonchev–Trinajstić information content (AvgIpc) is 2.01. The van der Waals surface area contributed by atoms with Crippen molar-refractivity contribution in [2.45, 2.75) is 19.1 Å². The van der Waals surface area contributed by atoms with E-state index in [0.29, 0.717) is 0 Å². The van der Waals surface area contributed by atoms with Gasteiger partial charge in [0.15, 0.2) is 15.1 Å². The van der Waals surface area contributed by atoms with E-state index in [1.807, 2.05) is 0 Å². The van der Waals surface area contributed by atoms with E-state index >= 15 is 0 Å². The number of ether oxygens (including phenoxy) is 1. The van der Waals surface area contributed by atoms with Gasteiger partial charge in [-0.25, -0.2) is 8.42 Å². The molecular formula is C6H12O4S. The summed E-state index contributed by atoms with van der Waals surface area (Å²) in [6.07, 6.45) is 0. The van der Waals surface area contributed by atoms with Crippen LogP contribution in [0.1, 0.15) is 13.8 Å². The third kappa shape index (κ3) is 2.49. The van der Waals surface area contributed by atoms with Crippen LogP contribution in [0.15, 0.2) is 0 Å². The Labute approximate surface area is 66.5 Å². The van der Waals surface area contributed by atoms with Crippen molar-refractivity contribution in [3.05, 3.63) is 0 Å². The molecule has 0 N–H and O–H groups in total. The van der Waals surface area contributed by atoms with Gasteiger partial charge in [-0.3, -0.25) is 4.79 Å². The fraction of sp³-hybridized carbons (Fsp3) is 0.833. The van der Waals surface area contributed by atoms with Gasteiger partial charge in [0.1, 0.15) is 0 Å². The molecule has 0 aliphatic carbocycles. The maximum Gasteiger partial charge on any atom is 0.323 e. The zero-order valence-electron chi connectivity index (χ0n) is 6.83. The normalized spacial score (nSPS) is 14.1. The fourth-order valence-corrected chi connectivity index (χ4v) is 1.45. The Morgan fingerprint density at radius 1 is 1.55 bits per heavy atom. The second kappa shape index (κ2) is 3.71. The van der Waals surface area contributed by atoms with Crippen LogP contribution in [0.2, 0.25) is 0 Å². The highest BCUT2D eigenvalue weighted by Crippen LogP contribution is 2.02. The third-order valence-electron chi connectivity index (χ3n) is 1.47. The van der Waals surface area contributed by atoms with Gasteiger partial charge in [-0.05, 0) is 6.92 Å². The maximum atomic E-state index is 11.0. The van der Waals surface area contributed by atoms with Gasteiger partial charge in [0.25, 0.3) is 0 Å². The van der Waals surface area contributed by atoms with Crippen LogP contribution in [0.3, 0.4) is 0 Å². The predicted molar refractivity (Wildman–Crippen MR) is 40.9 cm³/mol. The van der Waals surface area contributed by atoms with Crippen LogP contribution in [-0.4, -0.2) is 32.5 Å². The monoisotopic (exact) mass is 180 g/mol. The number of esters is 1. The van der Waals surface area contributed by atoms with Crippen molar-refractivity contribution < 1.29 is 17.9 Å². The minimum absolute atomic E-state index is 0.0384. The maximum absolute atomic E-state index is 11.0. The van der Waals surface area contributed by atoms with E-state index in [4.69, 9.17) is 0 Å². The lowest BCUT2D eigenvalue weighted by atomic mass is 10.5. The molecule has 0 rings (SSSR count). The van der Waals surface area contributed by atoms with E-state index in [0.717, 1.165) is 0 Å². The smallest absolute Gasteiger partial charge is 0.323 e. The highest BCUT2D eigenvalue weighted by atomic mass is 32.2. The summed E-state index contributed by atoms with van der Waals surface area (Å²) in [6, 6.07) is 0. The number of carbonyl (C=O) groups excluding carboxylic acids is 1. The van der Waals surface area contributed by atoms with Crippen molar-refractivity contribution in [3.63, 3.8) is 0 Å². The van der Waals surface area contributed by atoms with Gasteiger partial charge in [0, 0.05) is 5.75 Å². The fourth-order valence-electron chi connectivity index (χ4n) is 0.563. The van der Waals surface area contributed by atoms with Gasteiger partial charge in [-0.15, -0.1) is 0 Å². The quantitative estimate of drug-likeness (QED) is 0.573. The minimum atomic E-state index is -3.28. The molecule has 0 amide bonds. The molecule has 0 bridgehead atoms. The Morgan fingerprint density at radius 2 is 2.00 bits per heavy atom. The SMILES string of the molecule is CCS(=O)(=O)C(C)C(=O)OC. The number of methoxy groups -OCH3 is 1. The van der Waals surface area contributed by atoms with Gasteiger partial charge >= 0.3 is 5.97 Å². The van der Waals surface area contributed by atoms with Crippen LogP contribution in [-0.2, 0) is 19.4 Å². The van der Waals surface area contributed by atoms with Crippen LogP contribution in [0.25, 0.3) is 0 Å². The second-order valence-electron chi connectivity index (χ2n) is 2.12. The summed E-state index contributed by atoms with van der Waals surface area (Å²) < 4.78 is 26.3. The first-order valence-electron chi connectivity index (χ1n) is 3.25. The van der Waals surface area contributed by atoms with Gasteiger partial charge < -0.3 is 4.74 Å². The molecular weight excluding hydrogens is 168 g/mol. The molecule has 0 spiro atoms. The average molecular weight is 180 g/mol. The van der Waals surface area contributed by atoms with Crippen molar-refractivity contribution in [1.82, 2.24) is 0 Å². The number of carbonyl (C=O) groups is 1. The Bertz CT molecular complexity index is 229. The molecule has 0 saturated heterocycles. The van der Waals surface area contributed by atoms with Gasteiger partial charge in [0.05, 0.1) is 7.11 Å². The molecule has 4 nitrogen and oxygen atoms in total. The third-order valence-corrected chi connectivity index (χ3v) is 3.55. The van der Waals surface area contributed by atoms with Crippen molar-refractivity contribution in [3.8, 4) is 0 Å². The summed E-state index contributed by atoms with van der Waals surface area (Å²) in [5, 5.41) is -1.04. The molecule has 1 atom stereocenters. The number of hydrogen-bond acceptors (Lipinski definition) is 4. The topological polar surface area (TPSA) is 60.4 Å². The molecule has 0 aliphatic heterocycles. The summed E-state index contributed by atoms with van der Waals surface area (Å²) in [6.45, 7) is 2.82. The van der Waals surface area contributed by atoms with Crippen LogP contribution in [0.4, 0.5) is 0 Å². The molecule has 66 valence electrons. The summed E-state index contributed by atoms with van der Waals surface area (Å²) in [5.74, 6) is -0.740. The minimum Gasteiger partial charge on any atom is -0.468 e. The largest absolute Gasteiger partial charge is 0.468 e. The van der Waals surface area contributed by atoms with E-state index < -0.39 is 21.1 Å². The van der Waals surface area contributed by atoms with Crippen LogP contribution in [0, 0.1) is 0 Å². The van der Waals surface area contributed by atoms with Crippen molar-refractivity contribution in [1.29, 1.82) is 0 Å². The molecule has 0 aromatic carbocycles. The summed E-state index contributed by atoms with van der Waals surface area (Å²) in [5.41, 5.74) is 0. The molecule has 1 unspecified atom stereocenters. The highest BCUT2D eigenvalue weighted by Gasteiger charge is 2.26. The molecule has 0 aromatic rings. The predicted octanol–water partition coefficient (Wildman–Crippen LogP) is -0.0174. The molecule has 0 saturated carbocycles. The first kappa shape index (κ1) is 10.4. The zero-order valence-corrected chi connectivity index (χ0v) is 7.64. The van der Waals surface area contributed by atoms with E-state index in [1.165, 1.54) is 21.0 Å². The van der Waals surface area contributed by atoms with Crippen molar-refractivity contribution in [2.75, 3.05) is 12.9 Å². The van der Waals surface area contributed by atoms with E-state index in [9.17, 15) is 13.2 Å². The number of hydrogen-bond donors (Lipinski definition) is 0. The first-order valence-corrected chi connectivity index (χ1v) is 4.96. The lowest BCUT2D eigenvalue weighted by Gasteiger charge is -2.07. The Morgan fingerprint density at radius 3 is 2.27 bits per heavy atom. The Kier molecular flexibility index (Phi) is 3.51. The lowest BCUT2D eigenvalue weighted by molar-refractivity contribution is -0.139. The zero-order chi connectivity index (χ0) is 9.07. The van der Waals surface area contributed by atoms with Crippen molar-refractivity contribution >= 4 is 15.8 Å². The van der Waals surface area contributed by atoms with Gasteiger partial charge in [0.2, 0.25) is 0 Å². The van der Waals surface area contributed by atoms with Crippen LogP contribution < -0.4 is 0 Å². The van der Waals surface area contributed by atoms with Gasteiger partial charge in [-0.2, -0.15) is 0 Å². The summed E-state index contributed by atoms with van der Waals surface area (Å²) in [4.78, 5) is 10.7. The van der Waals surface area contributed by atoms with Crippen LogP contribution >= 0.6 is 0 Å². The Hall–Kier alpha value is -0.580. The van der Waals surface area contributed by atoms with Crippen LogP contribution in [0.5, 0.6) is 0 Å². The number of rotatable bonds is 3. The summed E-state index contributed by atoms with van der Waals surface area (Å²) >= 11 is 0. The number of sulfone groups is 1. The second-order valence-corrected chi connectivity index (χ2v) is 4.73. The Balaban J connectivity index is 4.49. The van der Waals surface area contributed by atoms with Crippen molar-refractivity contribution in [2.24, 2.45) is 0 Å². The molecule has 0 heterocycles. The molecule has 0 aliphatic rings. The molecule has 5 heteroatoms. The molecule has 0 radical (unpaired) electrons. The molecule has 0 fully saturated rings. The lowest BCUT2D eigenvalue weighted by Crippen LogP contribution is -2.29. The first-order chi connectivity index (χ1) is 4.95. The standard InChI is InChI=1S/C6H12O4S/c1-4-11(8,9)5(2)6(7)10-3/h5H,4H2,1-3H3. The molecule has 11 heavy (non-hydrogen) atoms. The van der Waals surface area contributed by atoms with E-state index in [2.05, 4.69) is 4.74 Å². The highest BCUT2D eigenvalue weighted by molar-refractivity contribution is 7.92. The van der Waals surface area contributed by atoms with Gasteiger partial charge in [-0.1, -0.05) is 6.92 Å². The van der Waals surface area contributed by atoms with E-state index in [1.54, 1.807) is 0 Å². The molecule has 0 aromatic heterocycles. The van der Waals surface area contributed by atoms with E-state index in [-0.39, 0.29) is 5.75 Å².